The van der Waals surface area contributed by atoms with Crippen molar-refractivity contribution in [1.82, 2.24) is 5.32 Å². The van der Waals surface area contributed by atoms with E-state index in [4.69, 9.17) is 0 Å². The molecule has 0 spiro atoms. The van der Waals surface area contributed by atoms with Gasteiger partial charge in [-0.15, -0.1) is 6.58 Å². The van der Waals surface area contributed by atoms with Crippen LogP contribution in [0.15, 0.2) is 73.3 Å². The van der Waals surface area contributed by atoms with E-state index in [-0.39, 0.29) is 5.91 Å². The van der Waals surface area contributed by atoms with Crippen LogP contribution in [0.1, 0.15) is 56.6 Å². The highest BCUT2D eigenvalue weighted by atomic mass is 16.4. The fourth-order valence-electron chi connectivity index (χ4n) is 3.52. The van der Waals surface area contributed by atoms with Crippen molar-refractivity contribution in [3.8, 4) is 0 Å². The van der Waals surface area contributed by atoms with E-state index in [0.717, 1.165) is 43.2 Å². The van der Waals surface area contributed by atoms with Crippen LogP contribution in [0.5, 0.6) is 0 Å². The number of benzene rings is 2. The molecule has 0 radical (unpaired) electrons. The smallest absolute Gasteiger partial charge is 0.326 e. The number of amides is 1. The fraction of sp³-hybridized carbons (Fsp3) is 0.360. The molecule has 0 bridgehead atoms. The van der Waals surface area contributed by atoms with E-state index in [1.165, 1.54) is 0 Å². The molecule has 4 heteroatoms. The number of nitrogens with one attached hydrogen (secondary N) is 1. The Balaban J connectivity index is 2.15. The molecule has 0 heterocycles. The van der Waals surface area contributed by atoms with Crippen LogP contribution < -0.4 is 5.32 Å². The van der Waals surface area contributed by atoms with Crippen molar-refractivity contribution in [1.29, 1.82) is 0 Å². The second kappa shape index (κ2) is 11.2. The molecule has 4 nitrogen and oxygen atoms in total. The van der Waals surface area contributed by atoms with Crippen molar-refractivity contribution in [3.63, 3.8) is 0 Å². The molecule has 0 saturated carbocycles. The Morgan fingerprint density at radius 3 is 1.97 bits per heavy atom. The van der Waals surface area contributed by atoms with Gasteiger partial charge in [0.25, 0.3) is 0 Å². The van der Waals surface area contributed by atoms with E-state index < -0.39 is 17.4 Å². The zero-order valence-corrected chi connectivity index (χ0v) is 17.1. The van der Waals surface area contributed by atoms with E-state index in [2.05, 4.69) is 11.9 Å². The van der Waals surface area contributed by atoms with Crippen molar-refractivity contribution in [3.05, 3.63) is 84.4 Å². The quantitative estimate of drug-likeness (QED) is 0.390. The van der Waals surface area contributed by atoms with Gasteiger partial charge in [0.1, 0.15) is 6.04 Å². The number of hydrogen-bond donors (Lipinski definition) is 2. The Morgan fingerprint density at radius 1 is 0.966 bits per heavy atom. The molecule has 0 aliphatic heterocycles. The normalized spacial score (nSPS) is 12.2. The number of carbonyl (C=O) groups is 2. The first-order valence-electron chi connectivity index (χ1n) is 10.3. The molecule has 0 aromatic heterocycles. The van der Waals surface area contributed by atoms with Crippen LogP contribution in [0.2, 0.25) is 0 Å². The Bertz CT molecular complexity index is 747. The molecule has 1 atom stereocenters. The van der Waals surface area contributed by atoms with Gasteiger partial charge in [-0.2, -0.15) is 0 Å². The largest absolute Gasteiger partial charge is 0.480 e. The summed E-state index contributed by atoms with van der Waals surface area (Å²) in [6.07, 6.45) is 7.12. The molecule has 2 aromatic rings. The molecule has 0 unspecified atom stereocenters. The van der Waals surface area contributed by atoms with Crippen LogP contribution in [0.4, 0.5) is 0 Å². The Hall–Kier alpha value is -2.88. The lowest BCUT2D eigenvalue weighted by Gasteiger charge is -2.31. The Kier molecular flexibility index (Phi) is 8.66. The number of carboxylic acid groups (broad SMARTS) is 1. The summed E-state index contributed by atoms with van der Waals surface area (Å²) < 4.78 is 0. The van der Waals surface area contributed by atoms with Crippen molar-refractivity contribution in [2.75, 3.05) is 0 Å². The number of carbonyl (C=O) groups excluding carboxylic acids is 1. The third kappa shape index (κ3) is 6.05. The summed E-state index contributed by atoms with van der Waals surface area (Å²) in [4.78, 5) is 25.1. The minimum absolute atomic E-state index is 0.297. The van der Waals surface area contributed by atoms with Gasteiger partial charge in [0.05, 0.1) is 5.41 Å². The minimum Gasteiger partial charge on any atom is -0.480 e. The van der Waals surface area contributed by atoms with Crippen LogP contribution >= 0.6 is 0 Å². The van der Waals surface area contributed by atoms with Gasteiger partial charge in [-0.1, -0.05) is 86.0 Å². The number of carboxylic acids is 1. The lowest BCUT2D eigenvalue weighted by Crippen LogP contribution is -2.50. The van der Waals surface area contributed by atoms with E-state index in [1.807, 2.05) is 73.7 Å². The van der Waals surface area contributed by atoms with Crippen LogP contribution in [0, 0.1) is 0 Å². The molecular formula is C25H31NO3. The Labute approximate surface area is 173 Å². The van der Waals surface area contributed by atoms with Gasteiger partial charge < -0.3 is 10.4 Å². The molecule has 0 aliphatic carbocycles. The van der Waals surface area contributed by atoms with Crippen molar-refractivity contribution < 1.29 is 14.7 Å². The highest BCUT2D eigenvalue weighted by Gasteiger charge is 2.38. The molecule has 1 amide bonds. The van der Waals surface area contributed by atoms with Gasteiger partial charge in [0.2, 0.25) is 5.91 Å². The Morgan fingerprint density at radius 2 is 1.48 bits per heavy atom. The summed E-state index contributed by atoms with van der Waals surface area (Å²) in [5.41, 5.74) is 0.690. The van der Waals surface area contributed by atoms with Crippen molar-refractivity contribution in [2.24, 2.45) is 0 Å². The summed E-state index contributed by atoms with van der Waals surface area (Å²) in [7, 11) is 0. The first kappa shape index (κ1) is 22.4. The first-order valence-corrected chi connectivity index (χ1v) is 10.3. The van der Waals surface area contributed by atoms with Gasteiger partial charge in [-0.25, -0.2) is 4.79 Å². The van der Waals surface area contributed by atoms with Gasteiger partial charge in [0, 0.05) is 0 Å². The summed E-state index contributed by atoms with van der Waals surface area (Å²) in [6, 6.07) is 18.1. The van der Waals surface area contributed by atoms with Gasteiger partial charge in [-0.05, 0) is 37.3 Å². The number of unbranched alkanes of at least 4 members (excludes halogenated alkanes) is 4. The maximum Gasteiger partial charge on any atom is 0.326 e. The van der Waals surface area contributed by atoms with Gasteiger partial charge in [0.15, 0.2) is 0 Å². The van der Waals surface area contributed by atoms with E-state index >= 15 is 0 Å². The van der Waals surface area contributed by atoms with Crippen LogP contribution in [-0.4, -0.2) is 23.0 Å². The van der Waals surface area contributed by atoms with Crippen molar-refractivity contribution in [2.45, 2.75) is 56.9 Å². The highest BCUT2D eigenvalue weighted by molar-refractivity contribution is 5.94. The van der Waals surface area contributed by atoms with Crippen LogP contribution in [0.3, 0.4) is 0 Å². The summed E-state index contributed by atoms with van der Waals surface area (Å²) in [6.45, 7) is 5.56. The summed E-state index contributed by atoms with van der Waals surface area (Å²) >= 11 is 0. The maximum atomic E-state index is 13.4. The molecule has 0 saturated heterocycles. The standard InChI is InChI=1S/C25H31NO3/c1-3-4-5-6-7-14-19-22(23(27)28)26-24(29)25(2,20-15-10-8-11-16-20)21-17-12-9-13-18-21/h3,8-13,15-18,22H,1,4-7,14,19H2,2H3,(H,26,29)(H,27,28)/t22-/m0/s1. The first-order chi connectivity index (χ1) is 14.0. The topological polar surface area (TPSA) is 66.4 Å². The number of rotatable bonds is 12. The van der Waals surface area contributed by atoms with Crippen molar-refractivity contribution >= 4 is 11.9 Å². The molecule has 2 N–H and O–H groups in total. The molecule has 0 fully saturated rings. The van der Waals surface area contributed by atoms with Crippen LogP contribution in [0.25, 0.3) is 0 Å². The zero-order chi connectivity index (χ0) is 21.1. The highest BCUT2D eigenvalue weighted by Crippen LogP contribution is 2.32. The number of aliphatic carboxylic acids is 1. The summed E-state index contributed by atoms with van der Waals surface area (Å²) in [5.74, 6) is -1.29. The molecular weight excluding hydrogens is 362 g/mol. The second-order valence-corrected chi connectivity index (χ2v) is 7.50. The third-order valence-corrected chi connectivity index (χ3v) is 5.41. The lowest BCUT2D eigenvalue weighted by molar-refractivity contribution is -0.142. The average Bonchev–Trinajstić information content (AvgIpc) is 2.75. The fourth-order valence-corrected chi connectivity index (χ4v) is 3.52. The maximum absolute atomic E-state index is 13.4. The molecule has 2 aromatic carbocycles. The zero-order valence-electron chi connectivity index (χ0n) is 17.1. The number of allylic oxidation sites excluding steroid dienone is 1. The predicted molar refractivity (Wildman–Crippen MR) is 117 cm³/mol. The van der Waals surface area contributed by atoms with Gasteiger partial charge >= 0.3 is 5.97 Å². The minimum atomic E-state index is -0.993. The molecule has 29 heavy (non-hydrogen) atoms. The second-order valence-electron chi connectivity index (χ2n) is 7.50. The van der Waals surface area contributed by atoms with E-state index in [1.54, 1.807) is 0 Å². The average molecular weight is 394 g/mol. The number of hydrogen-bond acceptors (Lipinski definition) is 2. The van der Waals surface area contributed by atoms with E-state index in [9.17, 15) is 14.7 Å². The molecule has 2 rings (SSSR count). The third-order valence-electron chi connectivity index (χ3n) is 5.41. The monoisotopic (exact) mass is 393 g/mol. The van der Waals surface area contributed by atoms with Crippen LogP contribution in [-0.2, 0) is 15.0 Å². The predicted octanol–water partition coefficient (Wildman–Crippen LogP) is 5.09. The lowest BCUT2D eigenvalue weighted by atomic mass is 9.75. The van der Waals surface area contributed by atoms with Gasteiger partial charge in [-0.3, -0.25) is 4.79 Å². The SMILES string of the molecule is C=CCCCCCC[C@H](NC(=O)C(C)(c1ccccc1)c1ccccc1)C(=O)O. The van der Waals surface area contributed by atoms with E-state index in [0.29, 0.717) is 6.42 Å². The summed E-state index contributed by atoms with van der Waals surface area (Å²) in [5, 5.41) is 12.4. The molecule has 154 valence electrons. The molecule has 0 aliphatic rings.